The van der Waals surface area contributed by atoms with Crippen molar-refractivity contribution in [2.75, 3.05) is 16.3 Å². The molecule has 0 spiro atoms. The molecule has 2 aromatic carbocycles. The van der Waals surface area contributed by atoms with Gasteiger partial charge >= 0.3 is 5.97 Å². The van der Waals surface area contributed by atoms with Gasteiger partial charge in [0.05, 0.1) is 23.4 Å². The third-order valence-electron chi connectivity index (χ3n) is 7.88. The van der Waals surface area contributed by atoms with Crippen LogP contribution in [-0.2, 0) is 19.2 Å². The zero-order valence-corrected chi connectivity index (χ0v) is 19.6. The van der Waals surface area contributed by atoms with Crippen molar-refractivity contribution in [1.82, 2.24) is 0 Å². The van der Waals surface area contributed by atoms with Gasteiger partial charge in [-0.3, -0.25) is 19.2 Å². The fraction of sp³-hybridized carbons (Fsp3) is 0.357. The lowest BCUT2D eigenvalue weighted by molar-refractivity contribution is -0.139. The molecule has 2 saturated heterocycles. The average molecular weight is 471 g/mol. The van der Waals surface area contributed by atoms with Crippen LogP contribution in [-0.4, -0.2) is 30.2 Å². The van der Waals surface area contributed by atoms with E-state index in [1.165, 1.54) is 4.90 Å². The number of hydrogen-bond acceptors (Lipinski definition) is 5. The number of imide groups is 1. The summed E-state index contributed by atoms with van der Waals surface area (Å²) in [6.45, 7) is 4.16. The minimum absolute atomic E-state index is 0.0775. The zero-order chi connectivity index (χ0) is 24.4. The van der Waals surface area contributed by atoms with Crippen LogP contribution in [0.25, 0.3) is 0 Å². The number of amides is 3. The SMILES string of the molecule is Cc1ccc(C)c(N2C[C@H](C(=O)Oc3cccc(N4C(=O)[C@H]5[C@H](C4=O)[C@H]4C=C[C@H]5C4)c3)CC2=O)c1. The summed E-state index contributed by atoms with van der Waals surface area (Å²) in [6.07, 6.45) is 5.07. The molecule has 0 unspecified atom stereocenters. The van der Waals surface area contributed by atoms with Crippen LogP contribution in [0.2, 0.25) is 0 Å². The number of fused-ring (bicyclic) bond motifs is 5. The number of ether oxygens (including phenoxy) is 1. The highest BCUT2D eigenvalue weighted by Crippen LogP contribution is 2.53. The molecule has 35 heavy (non-hydrogen) atoms. The van der Waals surface area contributed by atoms with Crippen LogP contribution in [0.4, 0.5) is 11.4 Å². The number of benzene rings is 2. The first-order valence-electron chi connectivity index (χ1n) is 12.1. The molecular weight excluding hydrogens is 444 g/mol. The molecule has 1 saturated carbocycles. The van der Waals surface area contributed by atoms with Gasteiger partial charge in [0.2, 0.25) is 17.7 Å². The van der Waals surface area contributed by atoms with Gasteiger partial charge in [0, 0.05) is 24.7 Å². The molecule has 7 nitrogen and oxygen atoms in total. The molecule has 2 bridgehead atoms. The molecule has 178 valence electrons. The Labute approximate surface area is 203 Å². The van der Waals surface area contributed by atoms with Crippen LogP contribution in [0.15, 0.2) is 54.6 Å². The number of rotatable bonds is 4. The van der Waals surface area contributed by atoms with Gasteiger partial charge in [-0.25, -0.2) is 4.90 Å². The molecule has 2 aliphatic carbocycles. The predicted octanol–water partition coefficient (Wildman–Crippen LogP) is 3.57. The molecule has 5 atom stereocenters. The van der Waals surface area contributed by atoms with Crippen LogP contribution in [0.3, 0.4) is 0 Å². The van der Waals surface area contributed by atoms with Crippen molar-refractivity contribution in [3.05, 3.63) is 65.7 Å². The van der Waals surface area contributed by atoms with Crippen molar-refractivity contribution in [3.8, 4) is 5.75 Å². The molecule has 2 aromatic rings. The number of carbonyl (C=O) groups is 4. The third kappa shape index (κ3) is 3.40. The second kappa shape index (κ2) is 7.90. The van der Waals surface area contributed by atoms with Crippen molar-refractivity contribution in [3.63, 3.8) is 0 Å². The summed E-state index contributed by atoms with van der Waals surface area (Å²) in [6, 6.07) is 12.4. The van der Waals surface area contributed by atoms with Crippen molar-refractivity contribution in [2.45, 2.75) is 26.7 Å². The van der Waals surface area contributed by atoms with E-state index in [1.807, 2.05) is 32.0 Å². The largest absolute Gasteiger partial charge is 0.426 e. The quantitative estimate of drug-likeness (QED) is 0.295. The van der Waals surface area contributed by atoms with Gasteiger partial charge in [-0.15, -0.1) is 0 Å². The number of nitrogens with zero attached hydrogens (tertiary/aromatic N) is 2. The number of aryl methyl sites for hydroxylation is 2. The molecule has 0 aromatic heterocycles. The highest BCUT2D eigenvalue weighted by Gasteiger charge is 2.59. The van der Waals surface area contributed by atoms with Gasteiger partial charge in [0.1, 0.15) is 5.75 Å². The summed E-state index contributed by atoms with van der Waals surface area (Å²) in [7, 11) is 0. The molecule has 0 N–H and O–H groups in total. The number of hydrogen-bond donors (Lipinski definition) is 0. The summed E-state index contributed by atoms with van der Waals surface area (Å²) in [5, 5.41) is 0. The number of carbonyl (C=O) groups excluding carboxylic acids is 4. The highest BCUT2D eigenvalue weighted by atomic mass is 16.5. The molecule has 4 aliphatic rings. The van der Waals surface area contributed by atoms with E-state index >= 15 is 0 Å². The lowest BCUT2D eigenvalue weighted by Crippen LogP contribution is -2.32. The maximum absolute atomic E-state index is 13.1. The van der Waals surface area contributed by atoms with E-state index in [4.69, 9.17) is 4.74 Å². The Hall–Kier alpha value is -3.74. The minimum atomic E-state index is -0.595. The lowest BCUT2D eigenvalue weighted by atomic mass is 9.85. The molecular formula is C28H26N2O5. The average Bonchev–Trinajstić information content (AvgIpc) is 3.59. The molecule has 7 heteroatoms. The maximum Gasteiger partial charge on any atom is 0.316 e. The topological polar surface area (TPSA) is 84.0 Å². The Bertz CT molecular complexity index is 1280. The van der Waals surface area contributed by atoms with Crippen LogP contribution in [0.5, 0.6) is 5.75 Å². The van der Waals surface area contributed by atoms with Crippen LogP contribution in [0.1, 0.15) is 24.0 Å². The summed E-state index contributed by atoms with van der Waals surface area (Å²) < 4.78 is 5.62. The monoisotopic (exact) mass is 470 g/mol. The van der Waals surface area contributed by atoms with E-state index in [-0.39, 0.29) is 60.1 Å². The smallest absolute Gasteiger partial charge is 0.316 e. The van der Waals surface area contributed by atoms with E-state index in [0.717, 1.165) is 23.2 Å². The van der Waals surface area contributed by atoms with E-state index in [1.54, 1.807) is 29.2 Å². The summed E-state index contributed by atoms with van der Waals surface area (Å²) in [5.41, 5.74) is 3.24. The summed E-state index contributed by atoms with van der Waals surface area (Å²) in [5.74, 6) is -1.62. The van der Waals surface area contributed by atoms with Crippen LogP contribution < -0.4 is 14.5 Å². The molecule has 3 fully saturated rings. The van der Waals surface area contributed by atoms with Crippen molar-refractivity contribution >= 4 is 35.1 Å². The van der Waals surface area contributed by atoms with Gasteiger partial charge in [-0.1, -0.05) is 30.4 Å². The summed E-state index contributed by atoms with van der Waals surface area (Å²) in [4.78, 5) is 54.8. The second-order valence-electron chi connectivity index (χ2n) is 10.1. The first kappa shape index (κ1) is 21.8. The molecule has 0 radical (unpaired) electrons. The van der Waals surface area contributed by atoms with Crippen LogP contribution in [0, 0.1) is 43.4 Å². The Morgan fingerprint density at radius 1 is 0.943 bits per heavy atom. The normalized spacial score (nSPS) is 28.9. The van der Waals surface area contributed by atoms with Gasteiger partial charge in [-0.2, -0.15) is 0 Å². The van der Waals surface area contributed by atoms with E-state index in [0.29, 0.717) is 5.69 Å². The summed E-state index contributed by atoms with van der Waals surface area (Å²) >= 11 is 0. The van der Waals surface area contributed by atoms with Crippen molar-refractivity contribution in [2.24, 2.45) is 29.6 Å². The van der Waals surface area contributed by atoms with Crippen molar-refractivity contribution < 1.29 is 23.9 Å². The second-order valence-corrected chi connectivity index (χ2v) is 10.1. The van der Waals surface area contributed by atoms with Gasteiger partial charge in [0.25, 0.3) is 0 Å². The maximum atomic E-state index is 13.1. The van der Waals surface area contributed by atoms with E-state index in [2.05, 4.69) is 12.2 Å². The third-order valence-corrected chi connectivity index (χ3v) is 7.88. The van der Waals surface area contributed by atoms with E-state index in [9.17, 15) is 19.2 Å². The van der Waals surface area contributed by atoms with Gasteiger partial charge in [0.15, 0.2) is 0 Å². The Balaban J connectivity index is 1.18. The number of allylic oxidation sites excluding steroid dienone is 2. The van der Waals surface area contributed by atoms with Crippen LogP contribution >= 0.6 is 0 Å². The first-order valence-corrected chi connectivity index (χ1v) is 12.1. The fourth-order valence-corrected chi connectivity index (χ4v) is 6.15. The molecule has 6 rings (SSSR count). The minimum Gasteiger partial charge on any atom is -0.426 e. The highest BCUT2D eigenvalue weighted by molar-refractivity contribution is 6.22. The Kier molecular flexibility index (Phi) is 4.91. The number of esters is 1. The number of anilines is 2. The van der Waals surface area contributed by atoms with Gasteiger partial charge < -0.3 is 9.64 Å². The Morgan fingerprint density at radius 3 is 2.37 bits per heavy atom. The molecule has 2 heterocycles. The standard InChI is InChI=1S/C28H26N2O5/c1-15-6-7-16(2)22(10-15)29-14-19(12-23(29)31)28(34)35-21-5-3-4-20(13-21)30-26(32)24-17-8-9-18(11-17)25(24)27(30)33/h3-10,13,17-19,24-25H,11-12,14H2,1-2H3/t17-,18-,19+,24+,25+/m0/s1. The zero-order valence-electron chi connectivity index (χ0n) is 19.6. The molecule has 3 amide bonds. The lowest BCUT2D eigenvalue weighted by Gasteiger charge is -2.20. The predicted molar refractivity (Wildman–Crippen MR) is 129 cm³/mol. The van der Waals surface area contributed by atoms with Crippen molar-refractivity contribution in [1.29, 1.82) is 0 Å². The van der Waals surface area contributed by atoms with Gasteiger partial charge in [-0.05, 0) is 61.4 Å². The first-order chi connectivity index (χ1) is 16.8. The Morgan fingerprint density at radius 2 is 1.66 bits per heavy atom. The fourth-order valence-electron chi connectivity index (χ4n) is 6.15. The van der Waals surface area contributed by atoms with E-state index < -0.39 is 11.9 Å². The molecule has 2 aliphatic heterocycles.